The standard InChI is InChI=1S/C21H23N3O2/c1-15-8-4-5-9-16(15)14-19(25)23-20(21-22-12-13-24(21)2)17-10-6-7-11-18(17)26-3/h4-13,20H,14H2,1-3H3,(H,23,25)/t20-/m1/s1. The summed E-state index contributed by atoms with van der Waals surface area (Å²) < 4.78 is 7.40. The molecule has 0 aliphatic carbocycles. The smallest absolute Gasteiger partial charge is 0.225 e. The fraction of sp³-hybridized carbons (Fsp3) is 0.238. The van der Waals surface area contributed by atoms with E-state index in [2.05, 4.69) is 10.3 Å². The van der Waals surface area contributed by atoms with E-state index in [0.29, 0.717) is 6.42 Å². The molecule has 26 heavy (non-hydrogen) atoms. The summed E-state index contributed by atoms with van der Waals surface area (Å²) in [6.07, 6.45) is 3.92. The van der Waals surface area contributed by atoms with Gasteiger partial charge in [-0.3, -0.25) is 4.79 Å². The van der Waals surface area contributed by atoms with Crippen LogP contribution in [0.4, 0.5) is 0 Å². The summed E-state index contributed by atoms with van der Waals surface area (Å²) in [4.78, 5) is 17.2. The minimum Gasteiger partial charge on any atom is -0.496 e. The topological polar surface area (TPSA) is 56.1 Å². The normalized spacial score (nSPS) is 11.8. The van der Waals surface area contributed by atoms with Gasteiger partial charge in [-0.15, -0.1) is 0 Å². The number of aryl methyl sites for hydroxylation is 2. The van der Waals surface area contributed by atoms with Crippen molar-refractivity contribution < 1.29 is 9.53 Å². The molecule has 1 heterocycles. The molecule has 134 valence electrons. The number of hydrogen-bond donors (Lipinski definition) is 1. The van der Waals surface area contributed by atoms with Gasteiger partial charge in [-0.05, 0) is 24.1 Å². The molecule has 1 amide bonds. The van der Waals surface area contributed by atoms with E-state index in [-0.39, 0.29) is 11.9 Å². The molecule has 3 aromatic rings. The van der Waals surface area contributed by atoms with Crippen LogP contribution in [0.15, 0.2) is 60.9 Å². The number of aromatic nitrogens is 2. The Balaban J connectivity index is 1.91. The molecule has 0 radical (unpaired) electrons. The van der Waals surface area contributed by atoms with Crippen LogP contribution in [-0.4, -0.2) is 22.6 Å². The lowest BCUT2D eigenvalue weighted by Crippen LogP contribution is -2.32. The summed E-state index contributed by atoms with van der Waals surface area (Å²) in [6.45, 7) is 2.01. The van der Waals surface area contributed by atoms with E-state index in [4.69, 9.17) is 4.74 Å². The molecule has 0 spiro atoms. The van der Waals surface area contributed by atoms with Crippen LogP contribution in [-0.2, 0) is 18.3 Å². The SMILES string of the molecule is COc1ccccc1[C@@H](NC(=O)Cc1ccccc1C)c1nccn1C. The van der Waals surface area contributed by atoms with Gasteiger partial charge >= 0.3 is 0 Å². The Kier molecular flexibility index (Phi) is 5.37. The van der Waals surface area contributed by atoms with Gasteiger partial charge < -0.3 is 14.6 Å². The molecule has 2 aromatic carbocycles. The number of methoxy groups -OCH3 is 1. The van der Waals surface area contributed by atoms with Crippen molar-refractivity contribution in [3.05, 3.63) is 83.4 Å². The summed E-state index contributed by atoms with van der Waals surface area (Å²) in [6, 6.07) is 15.2. The molecule has 0 saturated carbocycles. The third-order valence-electron chi connectivity index (χ3n) is 4.48. The minimum atomic E-state index is -0.386. The van der Waals surface area contributed by atoms with Gasteiger partial charge in [0.1, 0.15) is 17.6 Å². The average molecular weight is 349 g/mol. The highest BCUT2D eigenvalue weighted by Crippen LogP contribution is 2.29. The van der Waals surface area contributed by atoms with Crippen molar-refractivity contribution in [3.8, 4) is 5.75 Å². The van der Waals surface area contributed by atoms with Crippen molar-refractivity contribution in [1.82, 2.24) is 14.9 Å². The maximum Gasteiger partial charge on any atom is 0.225 e. The average Bonchev–Trinajstić information content (AvgIpc) is 3.07. The zero-order valence-electron chi connectivity index (χ0n) is 15.3. The molecule has 0 aliphatic heterocycles. The first-order chi connectivity index (χ1) is 12.6. The van der Waals surface area contributed by atoms with Crippen LogP contribution in [0.1, 0.15) is 28.6 Å². The first-order valence-corrected chi connectivity index (χ1v) is 8.54. The summed E-state index contributed by atoms with van der Waals surface area (Å²) >= 11 is 0. The fourth-order valence-corrected chi connectivity index (χ4v) is 3.04. The monoisotopic (exact) mass is 349 g/mol. The van der Waals surface area contributed by atoms with Crippen molar-refractivity contribution in [2.24, 2.45) is 7.05 Å². The zero-order valence-corrected chi connectivity index (χ0v) is 15.3. The maximum atomic E-state index is 12.8. The van der Waals surface area contributed by atoms with Crippen molar-refractivity contribution >= 4 is 5.91 Å². The molecule has 0 bridgehead atoms. The lowest BCUT2D eigenvalue weighted by molar-refractivity contribution is -0.121. The second-order valence-electron chi connectivity index (χ2n) is 6.24. The van der Waals surface area contributed by atoms with Crippen LogP contribution < -0.4 is 10.1 Å². The first-order valence-electron chi connectivity index (χ1n) is 8.54. The second kappa shape index (κ2) is 7.87. The van der Waals surface area contributed by atoms with E-state index in [0.717, 1.165) is 28.3 Å². The summed E-state index contributed by atoms with van der Waals surface area (Å²) in [5.41, 5.74) is 3.00. The number of para-hydroxylation sites is 1. The van der Waals surface area contributed by atoms with Crippen LogP contribution in [0, 0.1) is 6.92 Å². The molecule has 0 aliphatic rings. The van der Waals surface area contributed by atoms with Gasteiger partial charge in [0.05, 0.1) is 13.5 Å². The number of nitrogens with zero attached hydrogens (tertiary/aromatic N) is 2. The van der Waals surface area contributed by atoms with Crippen LogP contribution in [0.5, 0.6) is 5.75 Å². The maximum absolute atomic E-state index is 12.8. The Bertz CT molecular complexity index is 902. The van der Waals surface area contributed by atoms with Crippen LogP contribution >= 0.6 is 0 Å². The molecule has 5 heteroatoms. The summed E-state index contributed by atoms with van der Waals surface area (Å²) in [5.74, 6) is 1.42. The lowest BCUT2D eigenvalue weighted by Gasteiger charge is -2.21. The zero-order chi connectivity index (χ0) is 18.5. The van der Waals surface area contributed by atoms with Crippen molar-refractivity contribution in [2.75, 3.05) is 7.11 Å². The Hall–Kier alpha value is -3.08. The van der Waals surface area contributed by atoms with Gasteiger partial charge in [0.25, 0.3) is 0 Å². The highest BCUT2D eigenvalue weighted by Gasteiger charge is 2.23. The van der Waals surface area contributed by atoms with Gasteiger partial charge in [0.2, 0.25) is 5.91 Å². The van der Waals surface area contributed by atoms with Gasteiger partial charge in [-0.2, -0.15) is 0 Å². The quantitative estimate of drug-likeness (QED) is 0.744. The lowest BCUT2D eigenvalue weighted by atomic mass is 10.0. The number of hydrogen-bond acceptors (Lipinski definition) is 3. The van der Waals surface area contributed by atoms with E-state index in [9.17, 15) is 4.79 Å². The van der Waals surface area contributed by atoms with Crippen LogP contribution in [0.2, 0.25) is 0 Å². The van der Waals surface area contributed by atoms with E-state index >= 15 is 0 Å². The molecular formula is C21H23N3O2. The number of carbonyl (C=O) groups excluding carboxylic acids is 1. The Morgan fingerprint density at radius 1 is 1.19 bits per heavy atom. The third-order valence-corrected chi connectivity index (χ3v) is 4.48. The predicted molar refractivity (Wildman–Crippen MR) is 101 cm³/mol. The van der Waals surface area contributed by atoms with Crippen LogP contribution in [0.25, 0.3) is 0 Å². The van der Waals surface area contributed by atoms with Crippen molar-refractivity contribution in [3.63, 3.8) is 0 Å². The van der Waals surface area contributed by atoms with E-state index in [1.165, 1.54) is 0 Å². The predicted octanol–water partition coefficient (Wildman–Crippen LogP) is 3.19. The van der Waals surface area contributed by atoms with E-state index in [1.54, 1.807) is 13.3 Å². The molecular weight excluding hydrogens is 326 g/mol. The summed E-state index contributed by atoms with van der Waals surface area (Å²) in [7, 11) is 3.54. The van der Waals surface area contributed by atoms with Crippen molar-refractivity contribution in [1.29, 1.82) is 0 Å². The molecule has 1 aromatic heterocycles. The number of rotatable bonds is 6. The number of nitrogens with one attached hydrogen (secondary N) is 1. The molecule has 3 rings (SSSR count). The van der Waals surface area contributed by atoms with Gasteiger partial charge in [-0.1, -0.05) is 42.5 Å². The third kappa shape index (κ3) is 3.77. The highest BCUT2D eigenvalue weighted by molar-refractivity contribution is 5.79. The van der Waals surface area contributed by atoms with E-state index in [1.807, 2.05) is 73.3 Å². The molecule has 5 nitrogen and oxygen atoms in total. The molecule has 1 atom stereocenters. The van der Waals surface area contributed by atoms with Crippen LogP contribution in [0.3, 0.4) is 0 Å². The fourth-order valence-electron chi connectivity index (χ4n) is 3.04. The van der Waals surface area contributed by atoms with Gasteiger partial charge in [0, 0.05) is 25.0 Å². The highest BCUT2D eigenvalue weighted by atomic mass is 16.5. The minimum absolute atomic E-state index is 0.0572. The molecule has 0 fully saturated rings. The summed E-state index contributed by atoms with van der Waals surface area (Å²) in [5, 5.41) is 3.12. The Morgan fingerprint density at radius 2 is 1.92 bits per heavy atom. The molecule has 1 N–H and O–H groups in total. The number of ether oxygens (including phenoxy) is 1. The first kappa shape index (κ1) is 17.7. The second-order valence-corrected chi connectivity index (χ2v) is 6.24. The van der Waals surface area contributed by atoms with Gasteiger partial charge in [-0.25, -0.2) is 4.98 Å². The Labute approximate surface area is 153 Å². The van der Waals surface area contributed by atoms with E-state index < -0.39 is 0 Å². The number of amides is 1. The molecule has 0 unspecified atom stereocenters. The Morgan fingerprint density at radius 3 is 2.62 bits per heavy atom. The molecule has 0 saturated heterocycles. The largest absolute Gasteiger partial charge is 0.496 e. The number of carbonyl (C=O) groups is 1. The number of imidazole rings is 1. The number of benzene rings is 2. The van der Waals surface area contributed by atoms with Crippen molar-refractivity contribution in [2.45, 2.75) is 19.4 Å². The van der Waals surface area contributed by atoms with Gasteiger partial charge in [0.15, 0.2) is 0 Å².